The van der Waals surface area contributed by atoms with E-state index in [1.165, 1.54) is 37.7 Å². The average molecular weight is 281 g/mol. The summed E-state index contributed by atoms with van der Waals surface area (Å²) >= 11 is 4.16. The van der Waals surface area contributed by atoms with Gasteiger partial charge >= 0.3 is 0 Å². The normalized spacial score (nSPS) is 16.3. The molecule has 0 aliphatic carbocycles. The minimum absolute atomic E-state index is 0.546. The molecule has 0 fully saturated rings. The van der Waals surface area contributed by atoms with Crippen molar-refractivity contribution in [3.63, 3.8) is 0 Å². The van der Waals surface area contributed by atoms with Crippen molar-refractivity contribution in [1.29, 1.82) is 0 Å². The summed E-state index contributed by atoms with van der Waals surface area (Å²) in [5.74, 6) is 2.20. The molecule has 19 heavy (non-hydrogen) atoms. The van der Waals surface area contributed by atoms with E-state index >= 15 is 0 Å². The Morgan fingerprint density at radius 3 is 2.11 bits per heavy atom. The number of allylic oxidation sites excluding steroid dienone is 3. The highest BCUT2D eigenvalue weighted by molar-refractivity contribution is 7.84. The van der Waals surface area contributed by atoms with Crippen LogP contribution in [0.5, 0.6) is 0 Å². The maximum absolute atomic E-state index is 4.16. The van der Waals surface area contributed by atoms with E-state index in [4.69, 9.17) is 0 Å². The predicted molar refractivity (Wildman–Crippen MR) is 92.7 cm³/mol. The molecule has 0 N–H and O–H groups in total. The summed E-state index contributed by atoms with van der Waals surface area (Å²) in [5, 5.41) is 0. The molecule has 0 aliphatic heterocycles. The lowest BCUT2D eigenvalue weighted by Gasteiger charge is -2.21. The minimum Gasteiger partial charge on any atom is -0.144 e. The lowest BCUT2D eigenvalue weighted by atomic mass is 9.84. The van der Waals surface area contributed by atoms with Crippen molar-refractivity contribution >= 4 is 12.6 Å². The number of hydrogen-bond donors (Lipinski definition) is 1. The molecule has 110 valence electrons. The molecule has 0 saturated heterocycles. The van der Waals surface area contributed by atoms with Crippen LogP contribution in [0.2, 0.25) is 0 Å². The van der Waals surface area contributed by atoms with Gasteiger partial charge in [-0.2, -0.15) is 0 Å². The smallest absolute Gasteiger partial charge is 0.00319 e. The van der Waals surface area contributed by atoms with Crippen LogP contribution in [0.25, 0.3) is 0 Å². The van der Waals surface area contributed by atoms with Crippen LogP contribution in [-0.2, 0) is 0 Å². The van der Waals surface area contributed by atoms with E-state index in [1.54, 1.807) is 0 Å². The monoisotopic (exact) mass is 280 g/mol. The molecule has 0 aromatic rings. The third-order valence-corrected chi connectivity index (χ3v) is 4.31. The van der Waals surface area contributed by atoms with E-state index in [0.717, 1.165) is 16.7 Å². The zero-order chi connectivity index (χ0) is 14.8. The highest BCUT2D eigenvalue weighted by atomic mass is 32.1. The van der Waals surface area contributed by atoms with Crippen molar-refractivity contribution < 1.29 is 0 Å². The first-order valence-corrected chi connectivity index (χ1v) is 8.07. The molecule has 3 unspecified atom stereocenters. The first-order valence-electron chi connectivity index (χ1n) is 7.63. The molecule has 3 atom stereocenters. The fourth-order valence-corrected chi connectivity index (χ4v) is 2.24. The van der Waals surface area contributed by atoms with Crippen LogP contribution >= 0.6 is 12.6 Å². The third kappa shape index (κ3) is 9.15. The Hall–Kier alpha value is -0.430. The molecular weight excluding hydrogens is 248 g/mol. The van der Waals surface area contributed by atoms with Crippen molar-refractivity contribution in [2.75, 3.05) is 0 Å². The highest BCUT2D eigenvalue weighted by Gasteiger charge is 2.13. The second kappa shape index (κ2) is 10.4. The van der Waals surface area contributed by atoms with Crippen molar-refractivity contribution in [2.24, 2.45) is 17.8 Å². The van der Waals surface area contributed by atoms with Crippen molar-refractivity contribution in [2.45, 2.75) is 59.8 Å². The van der Waals surface area contributed by atoms with E-state index < -0.39 is 0 Å². The van der Waals surface area contributed by atoms with Crippen LogP contribution < -0.4 is 0 Å². The molecule has 0 aromatic carbocycles. The van der Waals surface area contributed by atoms with Crippen LogP contribution in [-0.4, -0.2) is 0 Å². The van der Waals surface area contributed by atoms with E-state index in [0.29, 0.717) is 5.92 Å². The van der Waals surface area contributed by atoms with E-state index in [1.807, 2.05) is 12.2 Å². The van der Waals surface area contributed by atoms with Gasteiger partial charge in [-0.1, -0.05) is 71.8 Å². The van der Waals surface area contributed by atoms with Gasteiger partial charge in [-0.25, -0.2) is 0 Å². The topological polar surface area (TPSA) is 0 Å². The Balaban J connectivity index is 4.03. The third-order valence-electron chi connectivity index (χ3n) is 4.16. The van der Waals surface area contributed by atoms with Crippen molar-refractivity contribution in [3.8, 4) is 0 Å². The van der Waals surface area contributed by atoms with Gasteiger partial charge in [-0.05, 0) is 41.6 Å². The lowest BCUT2D eigenvalue weighted by Crippen LogP contribution is -2.10. The molecule has 0 heterocycles. The quantitative estimate of drug-likeness (QED) is 0.346. The summed E-state index contributed by atoms with van der Waals surface area (Å²) in [6.45, 7) is 17.2. The molecule has 0 radical (unpaired) electrons. The fraction of sp³-hybridized carbons (Fsp3) is 0.667. The SMILES string of the molecule is C=C(S)/C=C\C(=C)C(C)CCC(C)C(C)CCCC. The van der Waals surface area contributed by atoms with Crippen molar-refractivity contribution in [3.05, 3.63) is 35.8 Å². The fourth-order valence-electron chi connectivity index (χ4n) is 2.16. The van der Waals surface area contributed by atoms with Gasteiger partial charge in [0.1, 0.15) is 0 Å². The minimum atomic E-state index is 0.546. The Labute approximate surface area is 126 Å². The summed E-state index contributed by atoms with van der Waals surface area (Å²) in [6, 6.07) is 0. The van der Waals surface area contributed by atoms with E-state index in [-0.39, 0.29) is 0 Å². The molecule has 0 saturated carbocycles. The maximum atomic E-state index is 4.16. The Morgan fingerprint density at radius 1 is 1.00 bits per heavy atom. The van der Waals surface area contributed by atoms with Crippen LogP contribution in [0, 0.1) is 17.8 Å². The van der Waals surface area contributed by atoms with Gasteiger partial charge < -0.3 is 0 Å². The molecule has 0 rings (SSSR count). The summed E-state index contributed by atoms with van der Waals surface area (Å²) in [5.41, 5.74) is 1.18. The van der Waals surface area contributed by atoms with Gasteiger partial charge in [0.05, 0.1) is 0 Å². The summed E-state index contributed by atoms with van der Waals surface area (Å²) in [6.07, 6.45) is 10.5. The van der Waals surface area contributed by atoms with Gasteiger partial charge in [0.15, 0.2) is 0 Å². The lowest BCUT2D eigenvalue weighted by molar-refractivity contribution is 0.318. The van der Waals surface area contributed by atoms with E-state index in [2.05, 4.69) is 53.5 Å². The zero-order valence-electron chi connectivity index (χ0n) is 13.3. The number of rotatable bonds is 10. The largest absolute Gasteiger partial charge is 0.144 e. The number of unbranched alkanes of at least 4 members (excludes halogenated alkanes) is 1. The first-order chi connectivity index (χ1) is 8.88. The molecule has 1 heteroatoms. The molecule has 0 amide bonds. The molecule has 0 aromatic heterocycles. The van der Waals surface area contributed by atoms with Crippen LogP contribution in [0.15, 0.2) is 35.8 Å². The van der Waals surface area contributed by atoms with Crippen molar-refractivity contribution in [1.82, 2.24) is 0 Å². The molecule has 0 nitrogen and oxygen atoms in total. The summed E-state index contributed by atoms with van der Waals surface area (Å²) in [7, 11) is 0. The van der Waals surface area contributed by atoms with E-state index in [9.17, 15) is 0 Å². The number of hydrogen-bond acceptors (Lipinski definition) is 1. The predicted octanol–water partition coefficient (Wildman–Crippen LogP) is 6.42. The molecule has 0 aliphatic rings. The van der Waals surface area contributed by atoms with Crippen LogP contribution in [0.1, 0.15) is 59.8 Å². The van der Waals surface area contributed by atoms with Crippen LogP contribution in [0.3, 0.4) is 0 Å². The second-order valence-corrected chi connectivity index (χ2v) is 6.55. The first kappa shape index (κ1) is 18.6. The second-order valence-electron chi connectivity index (χ2n) is 5.97. The average Bonchev–Trinajstić information content (AvgIpc) is 2.38. The summed E-state index contributed by atoms with van der Waals surface area (Å²) in [4.78, 5) is 0.787. The zero-order valence-corrected chi connectivity index (χ0v) is 14.2. The maximum Gasteiger partial charge on any atom is -0.00319 e. The van der Waals surface area contributed by atoms with Gasteiger partial charge in [-0.15, -0.1) is 12.6 Å². The standard InChI is InChI=1S/C18H32S/c1-7-8-9-14(2)15(3)10-11-16(4)17(5)12-13-18(6)19/h12-16,19H,5-11H2,1-4H3/b13-12-. The van der Waals surface area contributed by atoms with Crippen LogP contribution in [0.4, 0.5) is 0 Å². The molecular formula is C18H32S. The molecule has 0 spiro atoms. The van der Waals surface area contributed by atoms with Gasteiger partial charge in [-0.3, -0.25) is 0 Å². The van der Waals surface area contributed by atoms with Gasteiger partial charge in [0.25, 0.3) is 0 Å². The van der Waals surface area contributed by atoms with Gasteiger partial charge in [0, 0.05) is 0 Å². The highest BCUT2D eigenvalue weighted by Crippen LogP contribution is 2.26. The molecule has 0 bridgehead atoms. The summed E-state index contributed by atoms with van der Waals surface area (Å²) < 4.78 is 0. The number of thiol groups is 1. The Bertz CT molecular complexity index is 301. The Morgan fingerprint density at radius 2 is 1.58 bits per heavy atom. The van der Waals surface area contributed by atoms with Gasteiger partial charge in [0.2, 0.25) is 0 Å². The Kier molecular flexibility index (Phi) is 10.1.